The van der Waals surface area contributed by atoms with Crippen LogP contribution in [0.15, 0.2) is 4.99 Å². The van der Waals surface area contributed by atoms with Crippen LogP contribution in [0.25, 0.3) is 0 Å². The maximum Gasteiger partial charge on any atom is 0.326 e. The fourth-order valence-electron chi connectivity index (χ4n) is 5.37. The quantitative estimate of drug-likeness (QED) is 0.0312. The number of guanidine groups is 1. The van der Waals surface area contributed by atoms with E-state index in [9.17, 15) is 39.0 Å². The van der Waals surface area contributed by atoms with E-state index >= 15 is 0 Å². The molecule has 6 atom stereocenters. The number of aliphatic hydroxyl groups is 1. The fraction of sp³-hybridized carbons (Fsp3) is 0.774. The van der Waals surface area contributed by atoms with Gasteiger partial charge in [-0.15, -0.1) is 0 Å². The van der Waals surface area contributed by atoms with Crippen molar-refractivity contribution in [2.45, 2.75) is 115 Å². The molecule has 1 rings (SSSR count). The maximum atomic E-state index is 13.8. The van der Waals surface area contributed by atoms with E-state index in [0.29, 0.717) is 45.1 Å². The van der Waals surface area contributed by atoms with Crippen LogP contribution in [-0.2, 0) is 28.8 Å². The van der Waals surface area contributed by atoms with Gasteiger partial charge in [0.25, 0.3) is 0 Å². The standard InChI is InChI=1S/C31H58N10O8/c1-17(2)15-21(38-27(45)22(16-42)39-25(43)19(33)9-5-6-12-32)26(44)40-24(18(3)4)29(47)41-14-8-11-23(41)28(46)37-20(30(48)49)10-7-13-36-31(34)35/h17-24,42H,5-16,32-33H2,1-4H3,(H,37,46)(H,38,45)(H,39,43)(H,40,44)(H,48,49)(H4,34,35,36)/t19-,20-,21-,22-,23-,24-/m0/s1. The number of aliphatic hydroxyl groups excluding tert-OH is 1. The number of carboxylic acids is 1. The summed E-state index contributed by atoms with van der Waals surface area (Å²) in [4.78, 5) is 83.3. The van der Waals surface area contributed by atoms with Gasteiger partial charge in [-0.3, -0.25) is 29.0 Å². The molecule has 280 valence electrons. The van der Waals surface area contributed by atoms with Gasteiger partial charge in [0.2, 0.25) is 29.5 Å². The molecule has 0 saturated carbocycles. The normalized spacial score (nSPS) is 17.4. The van der Waals surface area contributed by atoms with Crippen LogP contribution in [0.2, 0.25) is 0 Å². The zero-order chi connectivity index (χ0) is 37.3. The molecule has 1 heterocycles. The number of rotatable bonds is 22. The molecule has 0 aromatic rings. The molecule has 0 spiro atoms. The summed E-state index contributed by atoms with van der Waals surface area (Å²) in [5, 5.41) is 29.7. The number of hydrogen-bond donors (Lipinski definition) is 10. The number of nitrogens with two attached hydrogens (primary N) is 4. The van der Waals surface area contributed by atoms with Gasteiger partial charge in [-0.05, 0) is 63.3 Å². The van der Waals surface area contributed by atoms with E-state index in [1.807, 2.05) is 13.8 Å². The number of aliphatic carboxylic acids is 1. The number of nitrogens with zero attached hydrogens (tertiary/aromatic N) is 2. The number of carbonyl (C=O) groups is 6. The summed E-state index contributed by atoms with van der Waals surface area (Å²) >= 11 is 0. The van der Waals surface area contributed by atoms with Crippen LogP contribution in [0.4, 0.5) is 0 Å². The summed E-state index contributed by atoms with van der Waals surface area (Å²) in [6, 6.07) is -6.67. The van der Waals surface area contributed by atoms with E-state index in [0.717, 1.165) is 0 Å². The van der Waals surface area contributed by atoms with E-state index in [4.69, 9.17) is 22.9 Å². The third kappa shape index (κ3) is 15.0. The van der Waals surface area contributed by atoms with Gasteiger partial charge in [-0.1, -0.05) is 34.1 Å². The average molecular weight is 699 g/mol. The summed E-state index contributed by atoms with van der Waals surface area (Å²) in [5.41, 5.74) is 22.0. The molecule has 0 bridgehead atoms. The number of unbranched alkanes of at least 4 members (excludes halogenated alkanes) is 1. The zero-order valence-electron chi connectivity index (χ0n) is 29.2. The molecule has 1 saturated heterocycles. The van der Waals surface area contributed by atoms with Gasteiger partial charge < -0.3 is 59.3 Å². The molecule has 14 N–H and O–H groups in total. The molecule has 1 aliphatic heterocycles. The molecule has 18 nitrogen and oxygen atoms in total. The first kappa shape index (κ1) is 43.0. The van der Waals surface area contributed by atoms with E-state index in [2.05, 4.69) is 26.3 Å². The van der Waals surface area contributed by atoms with Crippen molar-refractivity contribution in [2.75, 3.05) is 26.2 Å². The summed E-state index contributed by atoms with van der Waals surface area (Å²) in [6.07, 6.45) is 2.95. The fourth-order valence-corrected chi connectivity index (χ4v) is 5.37. The number of likely N-dealkylation sites (tertiary alicyclic amines) is 1. The highest BCUT2D eigenvalue weighted by molar-refractivity contribution is 5.96. The monoisotopic (exact) mass is 698 g/mol. The van der Waals surface area contributed by atoms with Gasteiger partial charge in [0.15, 0.2) is 5.96 Å². The van der Waals surface area contributed by atoms with Crippen molar-refractivity contribution in [2.24, 2.45) is 39.8 Å². The summed E-state index contributed by atoms with van der Waals surface area (Å²) in [7, 11) is 0. The molecule has 49 heavy (non-hydrogen) atoms. The Bertz CT molecular complexity index is 1150. The van der Waals surface area contributed by atoms with Crippen molar-refractivity contribution in [3.05, 3.63) is 0 Å². The Morgan fingerprint density at radius 1 is 0.857 bits per heavy atom. The molecule has 5 amide bonds. The number of amides is 5. The molecule has 0 radical (unpaired) electrons. The summed E-state index contributed by atoms with van der Waals surface area (Å²) in [5.74, 6) is -5.13. The van der Waals surface area contributed by atoms with Gasteiger partial charge >= 0.3 is 5.97 Å². The zero-order valence-corrected chi connectivity index (χ0v) is 29.2. The van der Waals surface area contributed by atoms with Crippen molar-refractivity contribution >= 4 is 41.5 Å². The van der Waals surface area contributed by atoms with Crippen molar-refractivity contribution in [3.8, 4) is 0 Å². The number of carboxylic acid groups (broad SMARTS) is 1. The molecule has 0 aliphatic carbocycles. The molecular weight excluding hydrogens is 640 g/mol. The van der Waals surface area contributed by atoms with E-state index < -0.39 is 84.3 Å². The van der Waals surface area contributed by atoms with Crippen LogP contribution < -0.4 is 44.2 Å². The number of carbonyl (C=O) groups excluding carboxylic acids is 5. The van der Waals surface area contributed by atoms with Crippen LogP contribution in [0, 0.1) is 11.8 Å². The molecule has 18 heteroatoms. The van der Waals surface area contributed by atoms with Gasteiger partial charge in [-0.25, -0.2) is 4.79 Å². The second kappa shape index (κ2) is 21.8. The number of nitrogens with one attached hydrogen (secondary N) is 4. The minimum atomic E-state index is -1.37. The molecule has 0 aromatic carbocycles. The van der Waals surface area contributed by atoms with Crippen LogP contribution in [0.3, 0.4) is 0 Å². The highest BCUT2D eigenvalue weighted by Gasteiger charge is 2.40. The van der Waals surface area contributed by atoms with Crippen molar-refractivity contribution in [3.63, 3.8) is 0 Å². The lowest BCUT2D eigenvalue weighted by Gasteiger charge is -2.32. The number of aliphatic imine (C=N–C) groups is 1. The van der Waals surface area contributed by atoms with Crippen LogP contribution in [-0.4, -0.2) is 119 Å². The third-order valence-electron chi connectivity index (χ3n) is 8.09. The molecule has 0 unspecified atom stereocenters. The Morgan fingerprint density at radius 3 is 2.04 bits per heavy atom. The Morgan fingerprint density at radius 2 is 1.49 bits per heavy atom. The maximum absolute atomic E-state index is 13.8. The van der Waals surface area contributed by atoms with Gasteiger partial charge in [0.1, 0.15) is 30.2 Å². The Kier molecular flexibility index (Phi) is 19.2. The highest BCUT2D eigenvalue weighted by atomic mass is 16.4. The Hall–Kier alpha value is -4.03. The summed E-state index contributed by atoms with van der Waals surface area (Å²) in [6.45, 7) is 7.21. The molecule has 0 aromatic heterocycles. The molecular formula is C31H58N10O8. The lowest BCUT2D eigenvalue weighted by atomic mass is 9.99. The van der Waals surface area contributed by atoms with Crippen molar-refractivity contribution < 1.29 is 39.0 Å². The highest BCUT2D eigenvalue weighted by Crippen LogP contribution is 2.21. The first-order valence-corrected chi connectivity index (χ1v) is 16.9. The number of hydrogen-bond acceptors (Lipinski definition) is 10. The predicted octanol–water partition coefficient (Wildman–Crippen LogP) is -2.79. The van der Waals surface area contributed by atoms with Crippen LogP contribution in [0.1, 0.15) is 79.1 Å². The molecule has 1 aliphatic rings. The van der Waals surface area contributed by atoms with Crippen LogP contribution >= 0.6 is 0 Å². The lowest BCUT2D eigenvalue weighted by molar-refractivity contribution is -0.145. The minimum Gasteiger partial charge on any atom is -0.480 e. The minimum absolute atomic E-state index is 0.0641. The van der Waals surface area contributed by atoms with Gasteiger partial charge in [0, 0.05) is 13.1 Å². The van der Waals surface area contributed by atoms with E-state index in [-0.39, 0.29) is 37.8 Å². The predicted molar refractivity (Wildman–Crippen MR) is 182 cm³/mol. The first-order chi connectivity index (χ1) is 23.0. The van der Waals surface area contributed by atoms with Gasteiger partial charge in [-0.2, -0.15) is 0 Å². The van der Waals surface area contributed by atoms with Crippen LogP contribution in [0.5, 0.6) is 0 Å². The smallest absolute Gasteiger partial charge is 0.326 e. The average Bonchev–Trinajstić information content (AvgIpc) is 3.52. The lowest BCUT2D eigenvalue weighted by Crippen LogP contribution is -2.60. The molecule has 1 fully saturated rings. The topological polar surface area (TPSA) is 311 Å². The SMILES string of the molecule is CC(C)C[C@H](NC(=O)[C@H](CO)NC(=O)[C@@H](N)CCCCN)C(=O)N[C@H](C(=O)N1CCC[C@H]1C(=O)N[C@@H](CCCN=C(N)N)C(=O)O)C(C)C. The summed E-state index contributed by atoms with van der Waals surface area (Å²) < 4.78 is 0. The largest absolute Gasteiger partial charge is 0.480 e. The Balaban J connectivity index is 3.03. The van der Waals surface area contributed by atoms with Crippen molar-refractivity contribution in [1.29, 1.82) is 0 Å². The van der Waals surface area contributed by atoms with Gasteiger partial charge in [0.05, 0.1) is 12.6 Å². The second-order valence-electron chi connectivity index (χ2n) is 13.1. The Labute approximate surface area is 287 Å². The second-order valence-corrected chi connectivity index (χ2v) is 13.1. The van der Waals surface area contributed by atoms with E-state index in [1.54, 1.807) is 13.8 Å². The van der Waals surface area contributed by atoms with Crippen molar-refractivity contribution in [1.82, 2.24) is 26.2 Å². The third-order valence-corrected chi connectivity index (χ3v) is 8.09. The first-order valence-electron chi connectivity index (χ1n) is 16.9. The van der Waals surface area contributed by atoms with E-state index in [1.165, 1.54) is 4.90 Å².